The van der Waals surface area contributed by atoms with E-state index >= 15 is 0 Å². The molecule has 2 aromatic heterocycles. The normalized spacial score (nSPS) is 10.4. The number of aromatic nitrogens is 2. The molecule has 0 spiro atoms. The number of nitrogens with zero attached hydrogens (tertiary/aromatic N) is 2. The van der Waals surface area contributed by atoms with Gasteiger partial charge in [0.15, 0.2) is 0 Å². The Labute approximate surface area is 124 Å². The molecule has 2 N–H and O–H groups in total. The number of hydrogen-bond donors (Lipinski definition) is 2. The van der Waals surface area contributed by atoms with Crippen LogP contribution in [0.4, 0.5) is 5.82 Å². The number of nitrogens with one attached hydrogen (secondary N) is 2. The second kappa shape index (κ2) is 6.88. The molecule has 0 bridgehead atoms. The van der Waals surface area contributed by atoms with E-state index in [1.54, 1.807) is 18.3 Å². The summed E-state index contributed by atoms with van der Waals surface area (Å²) in [7, 11) is 0. The lowest BCUT2D eigenvalue weighted by Crippen LogP contribution is -2.23. The van der Waals surface area contributed by atoms with Crippen LogP contribution in [-0.2, 0) is 13.0 Å². The highest BCUT2D eigenvalue weighted by Crippen LogP contribution is 2.11. The van der Waals surface area contributed by atoms with E-state index in [1.807, 2.05) is 20.8 Å². The zero-order valence-corrected chi connectivity index (χ0v) is 12.6. The first-order chi connectivity index (χ1) is 10.1. The summed E-state index contributed by atoms with van der Waals surface area (Å²) in [6.45, 7) is 6.85. The average molecular weight is 288 g/mol. The van der Waals surface area contributed by atoms with Crippen molar-refractivity contribution in [2.75, 3.05) is 11.9 Å². The van der Waals surface area contributed by atoms with E-state index in [9.17, 15) is 4.79 Å². The lowest BCUT2D eigenvalue weighted by Gasteiger charge is -2.09. The fourth-order valence-corrected chi connectivity index (χ4v) is 1.91. The van der Waals surface area contributed by atoms with Crippen LogP contribution in [0.15, 0.2) is 22.7 Å². The van der Waals surface area contributed by atoms with E-state index < -0.39 is 0 Å². The predicted molar refractivity (Wildman–Crippen MR) is 80.2 cm³/mol. The van der Waals surface area contributed by atoms with E-state index in [1.165, 1.54) is 0 Å². The number of rotatable bonds is 6. The van der Waals surface area contributed by atoms with Crippen molar-refractivity contribution in [1.29, 1.82) is 0 Å². The van der Waals surface area contributed by atoms with Crippen LogP contribution in [0, 0.1) is 6.92 Å². The fourth-order valence-electron chi connectivity index (χ4n) is 1.91. The molecule has 0 fully saturated rings. The van der Waals surface area contributed by atoms with E-state index in [0.717, 1.165) is 24.4 Å². The smallest absolute Gasteiger partial charge is 0.251 e. The summed E-state index contributed by atoms with van der Waals surface area (Å²) >= 11 is 0. The van der Waals surface area contributed by atoms with Crippen LogP contribution in [0.5, 0.6) is 0 Å². The van der Waals surface area contributed by atoms with Gasteiger partial charge in [0.25, 0.3) is 5.91 Å². The van der Waals surface area contributed by atoms with Crippen LogP contribution in [0.25, 0.3) is 0 Å². The van der Waals surface area contributed by atoms with Crippen LogP contribution < -0.4 is 10.6 Å². The van der Waals surface area contributed by atoms with Crippen molar-refractivity contribution in [3.8, 4) is 0 Å². The van der Waals surface area contributed by atoms with Gasteiger partial charge in [-0.3, -0.25) is 4.79 Å². The summed E-state index contributed by atoms with van der Waals surface area (Å²) in [6, 6.07) is 3.55. The SMILES string of the molecule is CCNc1cc(C(=O)NCc2ncc(C)o2)cc(CC)n1. The van der Waals surface area contributed by atoms with Gasteiger partial charge in [0, 0.05) is 17.8 Å². The Morgan fingerprint density at radius 1 is 1.33 bits per heavy atom. The molecule has 2 heterocycles. The Hall–Kier alpha value is -2.37. The third-order valence-electron chi connectivity index (χ3n) is 2.93. The molecular weight excluding hydrogens is 268 g/mol. The molecule has 0 aromatic carbocycles. The number of hydrogen-bond acceptors (Lipinski definition) is 5. The van der Waals surface area contributed by atoms with Crippen molar-refractivity contribution >= 4 is 11.7 Å². The summed E-state index contributed by atoms with van der Waals surface area (Å²) in [5, 5.41) is 5.93. The van der Waals surface area contributed by atoms with Crippen LogP contribution in [0.3, 0.4) is 0 Å². The Bertz CT molecular complexity index is 622. The third kappa shape index (κ3) is 4.05. The second-order valence-electron chi connectivity index (χ2n) is 4.66. The first kappa shape index (κ1) is 15.0. The highest BCUT2D eigenvalue weighted by molar-refractivity contribution is 5.94. The molecule has 0 aliphatic heterocycles. The lowest BCUT2D eigenvalue weighted by atomic mass is 10.2. The first-order valence-corrected chi connectivity index (χ1v) is 7.06. The van der Waals surface area contributed by atoms with Gasteiger partial charge < -0.3 is 15.1 Å². The minimum absolute atomic E-state index is 0.165. The Morgan fingerprint density at radius 2 is 2.14 bits per heavy atom. The quantitative estimate of drug-likeness (QED) is 0.852. The summed E-state index contributed by atoms with van der Waals surface area (Å²) in [5.41, 5.74) is 1.46. The molecule has 6 nitrogen and oxygen atoms in total. The molecule has 0 aliphatic carbocycles. The van der Waals surface area contributed by atoms with Gasteiger partial charge >= 0.3 is 0 Å². The maximum atomic E-state index is 12.2. The van der Waals surface area contributed by atoms with Crippen molar-refractivity contribution in [3.63, 3.8) is 0 Å². The molecule has 0 atom stereocenters. The number of aryl methyl sites for hydroxylation is 2. The predicted octanol–water partition coefficient (Wildman–Crippen LogP) is 2.30. The van der Waals surface area contributed by atoms with E-state index in [-0.39, 0.29) is 12.5 Å². The van der Waals surface area contributed by atoms with Crippen LogP contribution in [-0.4, -0.2) is 22.4 Å². The van der Waals surface area contributed by atoms with E-state index in [4.69, 9.17) is 4.42 Å². The minimum Gasteiger partial charge on any atom is -0.444 e. The molecule has 0 aliphatic rings. The lowest BCUT2D eigenvalue weighted by molar-refractivity contribution is 0.0947. The number of carbonyl (C=O) groups is 1. The largest absolute Gasteiger partial charge is 0.444 e. The van der Waals surface area contributed by atoms with Gasteiger partial charge in [-0.25, -0.2) is 9.97 Å². The molecule has 6 heteroatoms. The number of anilines is 1. The van der Waals surface area contributed by atoms with Crippen LogP contribution in [0.1, 0.15) is 41.6 Å². The number of amides is 1. The van der Waals surface area contributed by atoms with Crippen molar-refractivity contribution in [2.45, 2.75) is 33.7 Å². The van der Waals surface area contributed by atoms with Gasteiger partial charge in [-0.2, -0.15) is 0 Å². The monoisotopic (exact) mass is 288 g/mol. The molecule has 0 saturated heterocycles. The fraction of sp³-hybridized carbons (Fsp3) is 0.400. The molecule has 1 amide bonds. The van der Waals surface area contributed by atoms with Crippen molar-refractivity contribution in [1.82, 2.24) is 15.3 Å². The number of oxazole rings is 1. The van der Waals surface area contributed by atoms with Crippen molar-refractivity contribution < 1.29 is 9.21 Å². The van der Waals surface area contributed by atoms with Gasteiger partial charge in [0.05, 0.1) is 12.7 Å². The third-order valence-corrected chi connectivity index (χ3v) is 2.93. The highest BCUT2D eigenvalue weighted by atomic mass is 16.4. The maximum Gasteiger partial charge on any atom is 0.251 e. The topological polar surface area (TPSA) is 80.0 Å². The Balaban J connectivity index is 2.08. The maximum absolute atomic E-state index is 12.2. The molecule has 112 valence electrons. The van der Waals surface area contributed by atoms with E-state index in [2.05, 4.69) is 20.6 Å². The zero-order valence-electron chi connectivity index (χ0n) is 12.6. The summed E-state index contributed by atoms with van der Waals surface area (Å²) in [5.74, 6) is 1.78. The Morgan fingerprint density at radius 3 is 2.76 bits per heavy atom. The summed E-state index contributed by atoms with van der Waals surface area (Å²) in [4.78, 5) is 20.7. The minimum atomic E-state index is -0.165. The van der Waals surface area contributed by atoms with Gasteiger partial charge in [-0.05, 0) is 32.4 Å². The van der Waals surface area contributed by atoms with Crippen molar-refractivity contribution in [2.24, 2.45) is 0 Å². The highest BCUT2D eigenvalue weighted by Gasteiger charge is 2.10. The first-order valence-electron chi connectivity index (χ1n) is 7.06. The molecule has 0 radical (unpaired) electrons. The zero-order chi connectivity index (χ0) is 15.2. The van der Waals surface area contributed by atoms with Crippen LogP contribution >= 0.6 is 0 Å². The number of pyridine rings is 1. The summed E-state index contributed by atoms with van der Waals surface area (Å²) in [6.07, 6.45) is 2.41. The summed E-state index contributed by atoms with van der Waals surface area (Å²) < 4.78 is 5.33. The standard InChI is InChI=1S/C15H20N4O2/c1-4-12-6-11(7-13(19-12)16-5-2)15(20)18-9-14-17-8-10(3)21-14/h6-8H,4-5,9H2,1-3H3,(H,16,19)(H,18,20). The molecule has 21 heavy (non-hydrogen) atoms. The molecule has 0 unspecified atom stereocenters. The van der Waals surface area contributed by atoms with Crippen molar-refractivity contribution in [3.05, 3.63) is 41.2 Å². The molecule has 2 aromatic rings. The number of carbonyl (C=O) groups excluding carboxylic acids is 1. The Kier molecular flexibility index (Phi) is 4.92. The van der Waals surface area contributed by atoms with Gasteiger partial charge in [-0.1, -0.05) is 6.92 Å². The molecule has 2 rings (SSSR count). The average Bonchev–Trinajstić information content (AvgIpc) is 2.90. The molecular formula is C15H20N4O2. The van der Waals surface area contributed by atoms with Crippen LogP contribution in [0.2, 0.25) is 0 Å². The van der Waals surface area contributed by atoms with Gasteiger partial charge in [0.2, 0.25) is 5.89 Å². The van der Waals surface area contributed by atoms with Gasteiger partial charge in [0.1, 0.15) is 11.6 Å². The molecule has 0 saturated carbocycles. The van der Waals surface area contributed by atoms with E-state index in [0.29, 0.717) is 17.3 Å². The second-order valence-corrected chi connectivity index (χ2v) is 4.66. The van der Waals surface area contributed by atoms with Gasteiger partial charge in [-0.15, -0.1) is 0 Å².